The quantitative estimate of drug-likeness (QED) is 0.304. The molecule has 1 atom stereocenters. The van der Waals surface area contributed by atoms with Crippen molar-refractivity contribution < 1.29 is 18.6 Å². The van der Waals surface area contributed by atoms with E-state index in [4.69, 9.17) is 16.1 Å². The summed E-state index contributed by atoms with van der Waals surface area (Å²) < 4.78 is 18.3. The molecular formula is C20H16ClFN2O4. The van der Waals surface area contributed by atoms with Crippen molar-refractivity contribution in [3.63, 3.8) is 0 Å². The lowest BCUT2D eigenvalue weighted by Gasteiger charge is -2.17. The zero-order valence-corrected chi connectivity index (χ0v) is 15.6. The van der Waals surface area contributed by atoms with E-state index in [0.717, 1.165) is 0 Å². The number of carbonyl (C=O) groups is 1. The van der Waals surface area contributed by atoms with Gasteiger partial charge >= 0.3 is 5.69 Å². The molecule has 0 spiro atoms. The largest absolute Gasteiger partial charge is 0.354 e. The van der Waals surface area contributed by atoms with Gasteiger partial charge in [-0.15, -0.1) is 0 Å². The molecule has 0 saturated carbocycles. The number of halogens is 2. The lowest BCUT2D eigenvalue weighted by Crippen LogP contribution is -2.11. The van der Waals surface area contributed by atoms with Crippen LogP contribution in [0.5, 0.6) is 0 Å². The third-order valence-electron chi connectivity index (χ3n) is 4.46. The number of carbonyl (C=O) groups excluding carboxylic acids is 1. The average molecular weight is 403 g/mol. The number of ketones is 1. The van der Waals surface area contributed by atoms with E-state index in [1.807, 2.05) is 0 Å². The Labute approximate surface area is 165 Å². The summed E-state index contributed by atoms with van der Waals surface area (Å²) >= 11 is 6.30. The zero-order chi connectivity index (χ0) is 20.3. The van der Waals surface area contributed by atoms with Crippen LogP contribution in [0.4, 0.5) is 10.1 Å². The molecule has 8 heteroatoms. The van der Waals surface area contributed by atoms with Gasteiger partial charge in [0.2, 0.25) is 5.76 Å². The number of benzene rings is 2. The normalized spacial score (nSPS) is 12.0. The van der Waals surface area contributed by atoms with E-state index in [-0.39, 0.29) is 35.8 Å². The zero-order valence-electron chi connectivity index (χ0n) is 14.9. The van der Waals surface area contributed by atoms with Crippen LogP contribution in [-0.2, 0) is 6.42 Å². The molecule has 0 saturated heterocycles. The van der Waals surface area contributed by atoms with E-state index in [2.05, 4.69) is 5.16 Å². The maximum absolute atomic E-state index is 13.1. The Hall–Kier alpha value is -3.06. The van der Waals surface area contributed by atoms with Crippen LogP contribution >= 0.6 is 11.6 Å². The van der Waals surface area contributed by atoms with Crippen molar-refractivity contribution in [2.75, 3.05) is 0 Å². The molecular weight excluding hydrogens is 387 g/mol. The highest BCUT2D eigenvalue weighted by Crippen LogP contribution is 2.34. The Kier molecular flexibility index (Phi) is 5.84. The summed E-state index contributed by atoms with van der Waals surface area (Å²) in [5, 5.41) is 15.5. The molecule has 3 aromatic rings. The number of nitro groups is 1. The first kappa shape index (κ1) is 19.7. The Morgan fingerprint density at radius 1 is 1.25 bits per heavy atom. The summed E-state index contributed by atoms with van der Waals surface area (Å²) in [5.41, 5.74) is 0.985. The molecule has 144 valence electrons. The van der Waals surface area contributed by atoms with Crippen molar-refractivity contribution in [1.29, 1.82) is 0 Å². The van der Waals surface area contributed by atoms with E-state index in [9.17, 15) is 19.3 Å². The maximum atomic E-state index is 13.1. The van der Waals surface area contributed by atoms with Gasteiger partial charge in [-0.1, -0.05) is 35.0 Å². The van der Waals surface area contributed by atoms with Crippen LogP contribution in [-0.4, -0.2) is 15.9 Å². The van der Waals surface area contributed by atoms with Gasteiger partial charge < -0.3 is 4.52 Å². The molecule has 1 aromatic heterocycles. The fourth-order valence-electron chi connectivity index (χ4n) is 3.08. The smallest absolute Gasteiger partial charge is 0.334 e. The number of rotatable bonds is 7. The number of aromatic nitrogens is 1. The van der Waals surface area contributed by atoms with Gasteiger partial charge in [0.15, 0.2) is 11.5 Å². The standard InChI is InChI=1S/C20H16ClFN2O4/c1-12-20(24(26)27)19(28-23-12)11-14(16-4-2-3-5-17(16)21)10-18(25)13-6-8-15(22)9-7-13/h2-9,14H,10-11H2,1H3/t14-/m1/s1. The predicted octanol–water partition coefficient (Wildman–Crippen LogP) is 5.28. The van der Waals surface area contributed by atoms with Crippen LogP contribution in [0.1, 0.15) is 39.7 Å². The summed E-state index contributed by atoms with van der Waals surface area (Å²) in [6, 6.07) is 12.2. The molecule has 0 fully saturated rings. The molecule has 0 aliphatic rings. The lowest BCUT2D eigenvalue weighted by molar-refractivity contribution is -0.386. The molecule has 0 aliphatic heterocycles. The van der Waals surface area contributed by atoms with Gasteiger partial charge in [0.25, 0.3) is 0 Å². The second-order valence-electron chi connectivity index (χ2n) is 6.35. The molecule has 0 amide bonds. The summed E-state index contributed by atoms with van der Waals surface area (Å²) in [6.07, 6.45) is 0.0973. The van der Waals surface area contributed by atoms with E-state index in [1.165, 1.54) is 31.2 Å². The second-order valence-corrected chi connectivity index (χ2v) is 6.76. The second kappa shape index (κ2) is 8.31. The Morgan fingerprint density at radius 3 is 2.57 bits per heavy atom. The molecule has 6 nitrogen and oxygen atoms in total. The monoisotopic (exact) mass is 402 g/mol. The lowest BCUT2D eigenvalue weighted by atomic mass is 9.87. The van der Waals surface area contributed by atoms with Crippen molar-refractivity contribution in [2.45, 2.75) is 25.7 Å². The highest BCUT2D eigenvalue weighted by Gasteiger charge is 2.29. The fourth-order valence-corrected chi connectivity index (χ4v) is 3.37. The van der Waals surface area contributed by atoms with Gasteiger partial charge in [-0.3, -0.25) is 14.9 Å². The first-order valence-electron chi connectivity index (χ1n) is 8.49. The van der Waals surface area contributed by atoms with E-state index in [0.29, 0.717) is 16.1 Å². The van der Waals surface area contributed by atoms with E-state index < -0.39 is 16.7 Å². The average Bonchev–Trinajstić information content (AvgIpc) is 3.02. The number of aryl methyl sites for hydroxylation is 1. The number of hydrogen-bond donors (Lipinski definition) is 0. The Morgan fingerprint density at radius 2 is 1.93 bits per heavy atom. The minimum atomic E-state index is -0.549. The molecule has 0 bridgehead atoms. The van der Waals surface area contributed by atoms with E-state index >= 15 is 0 Å². The van der Waals surface area contributed by atoms with Gasteiger partial charge in [0.1, 0.15) is 5.82 Å². The summed E-state index contributed by atoms with van der Waals surface area (Å²) in [6.45, 7) is 1.49. The Balaban J connectivity index is 1.94. The minimum Gasteiger partial charge on any atom is -0.354 e. The molecule has 28 heavy (non-hydrogen) atoms. The van der Waals surface area contributed by atoms with Crippen molar-refractivity contribution in [2.24, 2.45) is 0 Å². The van der Waals surface area contributed by atoms with Crippen LogP contribution in [0.3, 0.4) is 0 Å². The van der Waals surface area contributed by atoms with Crippen LogP contribution in [0.2, 0.25) is 5.02 Å². The molecule has 1 heterocycles. The van der Waals surface area contributed by atoms with Gasteiger partial charge in [-0.05, 0) is 48.7 Å². The number of hydrogen-bond acceptors (Lipinski definition) is 5. The molecule has 2 aromatic carbocycles. The topological polar surface area (TPSA) is 86.2 Å². The number of Topliss-reactive ketones (excluding diaryl/α,β-unsaturated/α-hetero) is 1. The van der Waals surface area contributed by atoms with Crippen LogP contribution < -0.4 is 0 Å². The summed E-state index contributed by atoms with van der Waals surface area (Å²) in [4.78, 5) is 23.5. The number of nitrogens with zero attached hydrogens (tertiary/aromatic N) is 2. The molecule has 0 unspecified atom stereocenters. The van der Waals surface area contributed by atoms with E-state index in [1.54, 1.807) is 24.3 Å². The van der Waals surface area contributed by atoms with Gasteiger partial charge in [-0.2, -0.15) is 0 Å². The Bertz CT molecular complexity index is 1020. The highest BCUT2D eigenvalue weighted by atomic mass is 35.5. The van der Waals surface area contributed by atoms with Crippen molar-refractivity contribution in [3.05, 3.63) is 92.1 Å². The highest BCUT2D eigenvalue weighted by molar-refractivity contribution is 6.31. The van der Waals surface area contributed by atoms with Crippen molar-refractivity contribution in [3.8, 4) is 0 Å². The van der Waals surface area contributed by atoms with Gasteiger partial charge in [-0.25, -0.2) is 4.39 Å². The maximum Gasteiger partial charge on any atom is 0.334 e. The first-order valence-corrected chi connectivity index (χ1v) is 8.87. The van der Waals surface area contributed by atoms with Crippen molar-refractivity contribution >= 4 is 23.1 Å². The first-order chi connectivity index (χ1) is 13.4. The minimum absolute atomic E-state index is 0.0201. The molecule has 3 rings (SSSR count). The fraction of sp³-hybridized carbons (Fsp3) is 0.200. The van der Waals surface area contributed by atoms with Crippen LogP contribution in [0.25, 0.3) is 0 Å². The SMILES string of the molecule is Cc1noc(C[C@@H](CC(=O)c2ccc(F)cc2)c2ccccc2Cl)c1[N+](=O)[O-]. The third-order valence-corrected chi connectivity index (χ3v) is 4.80. The van der Waals surface area contributed by atoms with Gasteiger partial charge in [0.05, 0.1) is 4.92 Å². The molecule has 0 aliphatic carbocycles. The van der Waals surface area contributed by atoms with Gasteiger partial charge in [0, 0.05) is 23.4 Å². The third kappa shape index (κ3) is 4.26. The molecule has 0 N–H and O–H groups in total. The predicted molar refractivity (Wildman–Crippen MR) is 101 cm³/mol. The van der Waals surface area contributed by atoms with Crippen LogP contribution in [0, 0.1) is 22.9 Å². The summed E-state index contributed by atoms with van der Waals surface area (Å²) in [5.74, 6) is -1.06. The molecule has 0 radical (unpaired) electrons. The van der Waals surface area contributed by atoms with Crippen LogP contribution in [0.15, 0.2) is 53.1 Å². The summed E-state index contributed by atoms with van der Waals surface area (Å²) in [7, 11) is 0. The van der Waals surface area contributed by atoms with Crippen molar-refractivity contribution in [1.82, 2.24) is 5.16 Å².